The third kappa shape index (κ3) is 3.24. The summed E-state index contributed by atoms with van der Waals surface area (Å²) < 4.78 is 6.15. The minimum Gasteiger partial charge on any atom is -0.481 e. The number of hydrogen-bond acceptors (Lipinski definition) is 5. The molecule has 3 saturated heterocycles. The molecule has 3 aliphatic rings. The second-order valence-corrected chi connectivity index (χ2v) is 8.60. The van der Waals surface area contributed by atoms with Crippen LogP contribution in [0.4, 0.5) is 5.69 Å². The molecule has 0 aliphatic carbocycles. The van der Waals surface area contributed by atoms with Gasteiger partial charge in [0, 0.05) is 19.7 Å². The van der Waals surface area contributed by atoms with Gasteiger partial charge < -0.3 is 24.7 Å². The number of carbonyl (C=O) groups is 3. The molecule has 4 rings (SSSR count). The van der Waals surface area contributed by atoms with Crippen LogP contribution in [0, 0.1) is 11.8 Å². The van der Waals surface area contributed by atoms with Crippen LogP contribution in [0.2, 0.25) is 5.02 Å². The lowest BCUT2D eigenvalue weighted by molar-refractivity contribution is -0.149. The summed E-state index contributed by atoms with van der Waals surface area (Å²) in [5.41, 5.74) is -0.719. The summed E-state index contributed by atoms with van der Waals surface area (Å²) in [5.74, 6) is -3.79. The molecule has 0 radical (unpaired) electrons. The number of fused-ring (bicyclic) bond motifs is 1. The number of nitrogens with zero attached hydrogens (tertiary/aromatic N) is 2. The number of rotatable bonds is 8. The maximum absolute atomic E-state index is 13.9. The second kappa shape index (κ2) is 8.26. The van der Waals surface area contributed by atoms with Gasteiger partial charge in [-0.25, -0.2) is 0 Å². The van der Waals surface area contributed by atoms with Crippen LogP contribution in [0.25, 0.3) is 0 Å². The van der Waals surface area contributed by atoms with Crippen LogP contribution in [0.1, 0.15) is 19.3 Å². The molecule has 1 aromatic carbocycles. The van der Waals surface area contributed by atoms with E-state index in [1.165, 1.54) is 9.80 Å². The molecule has 166 valence electrons. The minimum atomic E-state index is -1.20. The van der Waals surface area contributed by atoms with Crippen molar-refractivity contribution >= 4 is 35.1 Å². The number of para-hydroxylation sites is 1. The lowest BCUT2D eigenvalue weighted by Gasteiger charge is -2.37. The van der Waals surface area contributed by atoms with E-state index in [1.54, 1.807) is 30.3 Å². The number of likely N-dealkylation sites (tertiary alicyclic amines) is 1. The van der Waals surface area contributed by atoms with Gasteiger partial charge in [-0.2, -0.15) is 0 Å². The third-order valence-electron chi connectivity index (χ3n) is 6.60. The van der Waals surface area contributed by atoms with Gasteiger partial charge in [0.1, 0.15) is 11.6 Å². The zero-order valence-corrected chi connectivity index (χ0v) is 17.7. The number of aliphatic hydroxyl groups is 1. The van der Waals surface area contributed by atoms with E-state index in [2.05, 4.69) is 6.58 Å². The molecule has 2 amide bonds. The van der Waals surface area contributed by atoms with Crippen molar-refractivity contribution in [3.63, 3.8) is 0 Å². The number of benzene rings is 1. The molecule has 2 N–H and O–H groups in total. The summed E-state index contributed by atoms with van der Waals surface area (Å²) in [6.45, 7) is 3.87. The highest BCUT2D eigenvalue weighted by Crippen LogP contribution is 2.58. The van der Waals surface area contributed by atoms with E-state index >= 15 is 0 Å². The number of hydrogen-bond donors (Lipinski definition) is 2. The average molecular weight is 449 g/mol. The molecule has 3 fully saturated rings. The number of halogens is 1. The minimum absolute atomic E-state index is 0.134. The van der Waals surface area contributed by atoms with Crippen molar-refractivity contribution in [2.75, 3.05) is 24.6 Å². The van der Waals surface area contributed by atoms with Crippen molar-refractivity contribution in [1.82, 2.24) is 4.90 Å². The number of amides is 2. The fraction of sp³-hybridized carbons (Fsp3) is 0.500. The van der Waals surface area contributed by atoms with Gasteiger partial charge in [-0.1, -0.05) is 29.8 Å². The van der Waals surface area contributed by atoms with Gasteiger partial charge in [-0.15, -0.1) is 6.58 Å². The van der Waals surface area contributed by atoms with Crippen molar-refractivity contribution in [2.24, 2.45) is 11.8 Å². The first-order valence-electron chi connectivity index (χ1n) is 10.4. The maximum atomic E-state index is 13.9. The summed E-state index contributed by atoms with van der Waals surface area (Å²) in [4.78, 5) is 42.1. The molecule has 8 nitrogen and oxygen atoms in total. The molecule has 2 bridgehead atoms. The van der Waals surface area contributed by atoms with Crippen molar-refractivity contribution in [2.45, 2.75) is 37.0 Å². The van der Waals surface area contributed by atoms with Crippen LogP contribution in [0.15, 0.2) is 36.9 Å². The topological polar surface area (TPSA) is 107 Å². The lowest BCUT2D eigenvalue weighted by Crippen LogP contribution is -2.56. The second-order valence-electron chi connectivity index (χ2n) is 8.19. The summed E-state index contributed by atoms with van der Waals surface area (Å²) in [7, 11) is 0. The highest BCUT2D eigenvalue weighted by Gasteiger charge is 2.74. The number of aliphatic hydroxyl groups excluding tert-OH is 1. The van der Waals surface area contributed by atoms with Crippen molar-refractivity contribution in [3.05, 3.63) is 41.9 Å². The molecule has 3 heterocycles. The molecule has 1 aromatic rings. The zero-order chi connectivity index (χ0) is 22.3. The first-order valence-corrected chi connectivity index (χ1v) is 10.7. The number of anilines is 1. The normalized spacial score (nSPS) is 31.0. The Hall–Kier alpha value is -2.42. The van der Waals surface area contributed by atoms with Gasteiger partial charge in [0.25, 0.3) is 5.91 Å². The number of aliphatic carboxylic acids is 1. The van der Waals surface area contributed by atoms with Crippen molar-refractivity contribution in [3.8, 4) is 0 Å². The molecular formula is C22H25ClN2O6. The van der Waals surface area contributed by atoms with Crippen LogP contribution in [-0.4, -0.2) is 70.3 Å². The quantitative estimate of drug-likeness (QED) is 0.586. The number of carbonyl (C=O) groups excluding carboxylic acids is 2. The fourth-order valence-electron chi connectivity index (χ4n) is 5.45. The van der Waals surface area contributed by atoms with Gasteiger partial charge in [-0.05, 0) is 31.4 Å². The van der Waals surface area contributed by atoms with Crippen LogP contribution in [-0.2, 0) is 19.1 Å². The van der Waals surface area contributed by atoms with Crippen LogP contribution in [0.3, 0.4) is 0 Å². The highest BCUT2D eigenvalue weighted by molar-refractivity contribution is 6.34. The Morgan fingerprint density at radius 1 is 1.39 bits per heavy atom. The van der Waals surface area contributed by atoms with E-state index in [4.69, 9.17) is 16.3 Å². The van der Waals surface area contributed by atoms with E-state index in [0.717, 1.165) is 0 Å². The van der Waals surface area contributed by atoms with Crippen LogP contribution < -0.4 is 4.90 Å². The third-order valence-corrected chi connectivity index (χ3v) is 6.92. The van der Waals surface area contributed by atoms with E-state index in [9.17, 15) is 24.6 Å². The van der Waals surface area contributed by atoms with Gasteiger partial charge >= 0.3 is 5.97 Å². The molecular weight excluding hydrogens is 424 g/mol. The van der Waals surface area contributed by atoms with E-state index in [-0.39, 0.29) is 26.1 Å². The zero-order valence-electron chi connectivity index (χ0n) is 16.9. The summed E-state index contributed by atoms with van der Waals surface area (Å²) in [6.07, 6.45) is 2.15. The summed E-state index contributed by atoms with van der Waals surface area (Å²) >= 11 is 6.36. The van der Waals surface area contributed by atoms with Crippen molar-refractivity contribution in [1.29, 1.82) is 0 Å². The highest BCUT2D eigenvalue weighted by atomic mass is 35.5. The SMILES string of the molecule is C=CCN(C(=O)[C@@H]1N(CCCO)C(=O)[C@H]2[C@H](C(=O)O)[C@@H]3CC[C@]12O3)c1ccccc1Cl. The number of carboxylic acids is 1. The van der Waals surface area contributed by atoms with E-state index in [0.29, 0.717) is 23.6 Å². The average Bonchev–Trinajstić information content (AvgIpc) is 3.38. The van der Waals surface area contributed by atoms with Gasteiger partial charge in [0.15, 0.2) is 0 Å². The molecule has 0 aromatic heterocycles. The summed E-state index contributed by atoms with van der Waals surface area (Å²) in [5, 5.41) is 19.5. The molecule has 9 heteroatoms. The van der Waals surface area contributed by atoms with E-state index < -0.39 is 47.4 Å². The first kappa shape index (κ1) is 21.8. The largest absolute Gasteiger partial charge is 0.481 e. The Labute approximate surface area is 185 Å². The number of carboxylic acid groups (broad SMARTS) is 1. The Morgan fingerprint density at radius 2 is 2.13 bits per heavy atom. The fourth-order valence-corrected chi connectivity index (χ4v) is 5.69. The van der Waals surface area contributed by atoms with Gasteiger partial charge in [0.2, 0.25) is 5.91 Å². The Bertz CT molecular complexity index is 923. The molecule has 31 heavy (non-hydrogen) atoms. The predicted octanol–water partition coefficient (Wildman–Crippen LogP) is 1.70. The van der Waals surface area contributed by atoms with Crippen molar-refractivity contribution < 1.29 is 29.3 Å². The molecule has 0 unspecified atom stereocenters. The van der Waals surface area contributed by atoms with E-state index in [1.807, 2.05) is 0 Å². The van der Waals surface area contributed by atoms with Gasteiger partial charge in [0.05, 0.1) is 28.6 Å². The lowest BCUT2D eigenvalue weighted by atomic mass is 9.70. The predicted molar refractivity (Wildman–Crippen MR) is 113 cm³/mol. The van der Waals surface area contributed by atoms with Gasteiger partial charge in [-0.3, -0.25) is 14.4 Å². The Kier molecular flexibility index (Phi) is 5.81. The molecule has 1 spiro atoms. The summed E-state index contributed by atoms with van der Waals surface area (Å²) in [6, 6.07) is 5.89. The van der Waals surface area contributed by atoms with Crippen LogP contribution in [0.5, 0.6) is 0 Å². The maximum Gasteiger partial charge on any atom is 0.310 e. The standard InChI is InChI=1S/C22H25ClN2O6/c1-2-10-24(14-7-4-3-6-13(14)23)20(28)18-22-9-8-15(31-22)16(21(29)30)17(22)19(27)25(18)11-5-12-26/h2-4,6-7,15-18,26H,1,5,8-12H2,(H,29,30)/t15-,16+,17+,18-,22+/m0/s1. The number of ether oxygens (including phenoxy) is 1. The molecule has 3 aliphatic heterocycles. The molecule has 5 atom stereocenters. The smallest absolute Gasteiger partial charge is 0.310 e. The van der Waals surface area contributed by atoms with Crippen LogP contribution >= 0.6 is 11.6 Å². The monoisotopic (exact) mass is 448 g/mol. The molecule has 0 saturated carbocycles. The Balaban J connectivity index is 1.79. The Morgan fingerprint density at radius 3 is 2.77 bits per heavy atom. The first-order chi connectivity index (χ1) is 14.9.